The summed E-state index contributed by atoms with van der Waals surface area (Å²) in [5, 5.41) is 2.24. The first-order valence-electron chi connectivity index (χ1n) is 23.6. The lowest BCUT2D eigenvalue weighted by Crippen LogP contribution is -2.36. The van der Waals surface area contributed by atoms with Gasteiger partial charge in [0.05, 0.1) is 28.2 Å². The molecule has 1 spiro atoms. The number of para-hydroxylation sites is 4. The molecule has 0 saturated heterocycles. The molecule has 69 heavy (non-hydrogen) atoms. The zero-order valence-electron chi connectivity index (χ0n) is 37.4. The second-order valence-corrected chi connectivity index (χ2v) is 18.0. The molecule has 0 fully saturated rings. The predicted molar refractivity (Wildman–Crippen MR) is 282 cm³/mol. The van der Waals surface area contributed by atoms with Gasteiger partial charge < -0.3 is 9.32 Å². The van der Waals surface area contributed by atoms with Crippen LogP contribution < -0.4 is 4.90 Å². The molecule has 4 nitrogen and oxygen atoms in total. The van der Waals surface area contributed by atoms with Gasteiger partial charge in [-0.25, -0.2) is 9.97 Å². The van der Waals surface area contributed by atoms with Crippen LogP contribution in [-0.4, -0.2) is 9.97 Å². The Bertz CT molecular complexity index is 3900. The van der Waals surface area contributed by atoms with Crippen LogP contribution in [0.4, 0.5) is 17.1 Å². The fraction of sp³-hybridized carbons (Fsp3) is 0.0154. The second-order valence-electron chi connectivity index (χ2n) is 18.0. The van der Waals surface area contributed by atoms with Crippen molar-refractivity contribution < 1.29 is 4.42 Å². The minimum absolute atomic E-state index is 0.489. The largest absolute Gasteiger partial charge is 0.455 e. The fourth-order valence-electron chi connectivity index (χ4n) is 11.2. The molecule has 0 radical (unpaired) electrons. The molecule has 0 bridgehead atoms. The first kappa shape index (κ1) is 39.1. The van der Waals surface area contributed by atoms with Gasteiger partial charge in [-0.05, 0) is 86.5 Å². The van der Waals surface area contributed by atoms with Crippen LogP contribution in [0.5, 0.6) is 0 Å². The van der Waals surface area contributed by atoms with E-state index in [-0.39, 0.29) is 0 Å². The van der Waals surface area contributed by atoms with Crippen LogP contribution in [0.1, 0.15) is 22.3 Å². The van der Waals surface area contributed by atoms with E-state index in [1.54, 1.807) is 0 Å². The molecule has 14 rings (SSSR count). The molecular formula is C65H41N3O. The first-order valence-corrected chi connectivity index (χ1v) is 23.6. The molecule has 0 amide bonds. The Morgan fingerprint density at radius 1 is 0.333 bits per heavy atom. The molecule has 322 valence electrons. The van der Waals surface area contributed by atoms with Gasteiger partial charge in [0.2, 0.25) is 0 Å². The summed E-state index contributed by atoms with van der Waals surface area (Å²) >= 11 is 0. The number of nitrogens with zero attached hydrogens (tertiary/aromatic N) is 3. The molecule has 12 aromatic rings. The quantitative estimate of drug-likeness (QED) is 0.167. The molecule has 0 N–H and O–H groups in total. The molecular weight excluding hydrogens is 839 g/mol. The lowest BCUT2D eigenvalue weighted by molar-refractivity contribution is 0.670. The highest BCUT2D eigenvalue weighted by Crippen LogP contribution is 2.63. The number of anilines is 3. The van der Waals surface area contributed by atoms with Crippen molar-refractivity contribution in [2.75, 3.05) is 4.90 Å². The van der Waals surface area contributed by atoms with Crippen LogP contribution in [0, 0.1) is 0 Å². The van der Waals surface area contributed by atoms with E-state index >= 15 is 0 Å². The average Bonchev–Trinajstić information content (AvgIpc) is 3.96. The van der Waals surface area contributed by atoms with Gasteiger partial charge in [-0.1, -0.05) is 212 Å². The summed E-state index contributed by atoms with van der Waals surface area (Å²) in [5.41, 5.74) is 21.7. The van der Waals surface area contributed by atoms with E-state index < -0.39 is 5.41 Å². The summed E-state index contributed by atoms with van der Waals surface area (Å²) in [7, 11) is 0. The molecule has 1 aliphatic carbocycles. The number of furan rings is 1. The van der Waals surface area contributed by atoms with Gasteiger partial charge in [-0.3, -0.25) is 0 Å². The summed E-state index contributed by atoms with van der Waals surface area (Å²) in [6, 6.07) is 89.3. The number of benzene rings is 10. The van der Waals surface area contributed by atoms with Gasteiger partial charge in [0.15, 0.2) is 5.82 Å². The topological polar surface area (TPSA) is 42.2 Å². The summed E-state index contributed by atoms with van der Waals surface area (Å²) in [4.78, 5) is 12.9. The number of hydrogen-bond donors (Lipinski definition) is 0. The molecule has 0 saturated carbocycles. The van der Waals surface area contributed by atoms with Gasteiger partial charge in [0.25, 0.3) is 0 Å². The fourth-order valence-corrected chi connectivity index (χ4v) is 11.2. The first-order chi connectivity index (χ1) is 34.2. The molecule has 0 unspecified atom stereocenters. The summed E-state index contributed by atoms with van der Waals surface area (Å²) in [6.07, 6.45) is 0. The maximum atomic E-state index is 6.40. The van der Waals surface area contributed by atoms with Crippen LogP contribution in [0.25, 0.3) is 89.2 Å². The van der Waals surface area contributed by atoms with Crippen molar-refractivity contribution in [3.63, 3.8) is 0 Å². The SMILES string of the molecule is c1ccc(-c2cc(-c3ccc(-c4ccc5c(c4)N(c4ccccc4)c4ccccc4C54c5ccccc5-c5ccccc54)cc3)nc(-c3ccc(-c4cccc5c4oc4ccccc45)cc3)n2)cc1. The Balaban J connectivity index is 0.871. The predicted octanol–water partition coefficient (Wildman–Crippen LogP) is 16.9. The van der Waals surface area contributed by atoms with Crippen molar-refractivity contribution in [2.24, 2.45) is 0 Å². The molecule has 3 heterocycles. The summed E-state index contributed by atoms with van der Waals surface area (Å²) in [6.45, 7) is 0. The van der Waals surface area contributed by atoms with E-state index in [0.29, 0.717) is 5.82 Å². The number of aromatic nitrogens is 2. The third-order valence-electron chi connectivity index (χ3n) is 14.3. The Kier molecular flexibility index (Phi) is 8.77. The minimum Gasteiger partial charge on any atom is -0.455 e. The molecule has 2 aliphatic rings. The standard InChI is InChI=1S/C65H41N3O/c1-3-16-44(17-4-1)58-41-59(67-64(66-58)46-36-32-43(33-37-46)49-23-15-24-53-52-22-9-14-29-62(52)69-63(49)53)45-34-30-42(31-35-45)47-38-39-57-61(40-47)68(48-18-5-2-6-19-48)60-28-13-12-27-56(60)65(57)54-25-10-7-20-50(54)51-21-8-11-26-55(51)65/h1-41H. The normalized spacial score (nSPS) is 13.0. The van der Waals surface area contributed by atoms with E-state index in [2.05, 4.69) is 235 Å². The van der Waals surface area contributed by atoms with Crippen molar-refractivity contribution in [1.82, 2.24) is 9.97 Å². The summed E-state index contributed by atoms with van der Waals surface area (Å²) in [5.74, 6) is 0.670. The number of rotatable bonds is 6. The smallest absolute Gasteiger partial charge is 0.160 e. The molecule has 0 atom stereocenters. The molecule has 4 heteroatoms. The number of hydrogen-bond acceptors (Lipinski definition) is 4. The van der Waals surface area contributed by atoms with Crippen LogP contribution in [0.3, 0.4) is 0 Å². The van der Waals surface area contributed by atoms with Crippen LogP contribution in [0.15, 0.2) is 253 Å². The van der Waals surface area contributed by atoms with Gasteiger partial charge in [-0.2, -0.15) is 0 Å². The highest BCUT2D eigenvalue weighted by Gasteiger charge is 2.51. The number of fused-ring (bicyclic) bond motifs is 12. The van der Waals surface area contributed by atoms with E-state index in [1.807, 2.05) is 18.2 Å². The van der Waals surface area contributed by atoms with Crippen molar-refractivity contribution >= 4 is 39.0 Å². The van der Waals surface area contributed by atoms with Crippen molar-refractivity contribution in [3.8, 4) is 67.3 Å². The van der Waals surface area contributed by atoms with E-state index in [1.165, 1.54) is 44.8 Å². The van der Waals surface area contributed by atoms with Gasteiger partial charge in [0.1, 0.15) is 11.2 Å². The molecule has 10 aromatic carbocycles. The van der Waals surface area contributed by atoms with Crippen LogP contribution >= 0.6 is 0 Å². The highest BCUT2D eigenvalue weighted by molar-refractivity contribution is 6.09. The average molecular weight is 880 g/mol. The third kappa shape index (κ3) is 6.02. The lowest BCUT2D eigenvalue weighted by Gasteiger charge is -2.45. The highest BCUT2D eigenvalue weighted by atomic mass is 16.3. The maximum Gasteiger partial charge on any atom is 0.160 e. The van der Waals surface area contributed by atoms with Crippen molar-refractivity contribution in [2.45, 2.75) is 5.41 Å². The minimum atomic E-state index is -0.489. The molecule has 1 aliphatic heterocycles. The monoisotopic (exact) mass is 879 g/mol. The van der Waals surface area contributed by atoms with Crippen LogP contribution in [0.2, 0.25) is 0 Å². The maximum absolute atomic E-state index is 6.40. The molecule has 2 aromatic heterocycles. The van der Waals surface area contributed by atoms with Crippen LogP contribution in [-0.2, 0) is 5.41 Å². The summed E-state index contributed by atoms with van der Waals surface area (Å²) < 4.78 is 6.40. The zero-order valence-corrected chi connectivity index (χ0v) is 37.4. The van der Waals surface area contributed by atoms with Gasteiger partial charge in [-0.15, -0.1) is 0 Å². The zero-order chi connectivity index (χ0) is 45.5. The van der Waals surface area contributed by atoms with E-state index in [9.17, 15) is 0 Å². The Morgan fingerprint density at radius 2 is 0.855 bits per heavy atom. The Morgan fingerprint density at radius 3 is 1.59 bits per heavy atom. The van der Waals surface area contributed by atoms with Gasteiger partial charge in [0, 0.05) is 38.7 Å². The van der Waals surface area contributed by atoms with Gasteiger partial charge >= 0.3 is 0 Å². The third-order valence-corrected chi connectivity index (χ3v) is 14.3. The Labute approximate surface area is 400 Å². The Hall–Kier alpha value is -9.12. The lowest BCUT2D eigenvalue weighted by atomic mass is 9.64. The van der Waals surface area contributed by atoms with E-state index in [0.717, 1.165) is 78.0 Å². The van der Waals surface area contributed by atoms with E-state index in [4.69, 9.17) is 14.4 Å². The van der Waals surface area contributed by atoms with Crippen molar-refractivity contribution in [1.29, 1.82) is 0 Å². The van der Waals surface area contributed by atoms with Crippen molar-refractivity contribution in [3.05, 3.63) is 271 Å². The second kappa shape index (κ2) is 15.5.